The highest BCUT2D eigenvalue weighted by Crippen LogP contribution is 2.29. The molecule has 1 aromatic rings. The van der Waals surface area contributed by atoms with Crippen LogP contribution in [0.4, 0.5) is 8.78 Å². The van der Waals surface area contributed by atoms with E-state index in [1.807, 2.05) is 6.92 Å². The normalized spacial score (nSPS) is 12.8. The molecule has 0 saturated carbocycles. The summed E-state index contributed by atoms with van der Waals surface area (Å²) in [5.41, 5.74) is 0. The molecule has 0 aromatic heterocycles. The molecule has 0 aliphatic rings. The van der Waals surface area contributed by atoms with Crippen LogP contribution >= 0.6 is 15.9 Å². The van der Waals surface area contributed by atoms with Crippen molar-refractivity contribution in [1.29, 1.82) is 0 Å². The molecule has 1 aromatic carbocycles. The maximum absolute atomic E-state index is 13.5. The second kappa shape index (κ2) is 7.04. The van der Waals surface area contributed by atoms with Crippen molar-refractivity contribution in [2.24, 2.45) is 5.92 Å². The van der Waals surface area contributed by atoms with E-state index in [0.717, 1.165) is 12.6 Å². The van der Waals surface area contributed by atoms with Gasteiger partial charge in [0.1, 0.15) is 5.82 Å². The van der Waals surface area contributed by atoms with Crippen LogP contribution in [0, 0.1) is 17.6 Å². The van der Waals surface area contributed by atoms with Gasteiger partial charge < -0.3 is 10.1 Å². The third-order valence-electron chi connectivity index (χ3n) is 2.35. The second-order valence-electron chi connectivity index (χ2n) is 4.68. The Balaban J connectivity index is 2.53. The minimum Gasteiger partial charge on any atom is -0.489 e. The standard InChI is InChI=1S/C13H18BrF2NO/c1-8(2)17-6-9(3)7-18-13-11(14)4-10(15)5-12(13)16/h4-5,8-9,17H,6-7H2,1-3H3. The number of nitrogens with one attached hydrogen (secondary N) is 1. The van der Waals surface area contributed by atoms with Crippen LogP contribution < -0.4 is 10.1 Å². The molecule has 0 radical (unpaired) electrons. The number of benzene rings is 1. The summed E-state index contributed by atoms with van der Waals surface area (Å²) in [4.78, 5) is 0. The highest BCUT2D eigenvalue weighted by Gasteiger charge is 2.12. The van der Waals surface area contributed by atoms with E-state index in [-0.39, 0.29) is 11.7 Å². The van der Waals surface area contributed by atoms with Gasteiger partial charge in [-0.2, -0.15) is 0 Å². The van der Waals surface area contributed by atoms with E-state index in [2.05, 4.69) is 35.1 Å². The molecule has 0 spiro atoms. The van der Waals surface area contributed by atoms with Gasteiger partial charge in [0, 0.05) is 24.6 Å². The third kappa shape index (κ3) is 4.90. The molecule has 0 heterocycles. The van der Waals surface area contributed by atoms with Crippen LogP contribution in [-0.4, -0.2) is 19.2 Å². The SMILES string of the molecule is CC(CNC(C)C)COc1c(F)cc(F)cc1Br. The van der Waals surface area contributed by atoms with E-state index in [0.29, 0.717) is 17.1 Å². The molecule has 2 nitrogen and oxygen atoms in total. The molecular weight excluding hydrogens is 304 g/mol. The lowest BCUT2D eigenvalue weighted by Crippen LogP contribution is -2.30. The maximum Gasteiger partial charge on any atom is 0.169 e. The fourth-order valence-electron chi connectivity index (χ4n) is 1.39. The summed E-state index contributed by atoms with van der Waals surface area (Å²) in [7, 11) is 0. The molecule has 102 valence electrons. The average molecular weight is 322 g/mol. The molecule has 0 fully saturated rings. The van der Waals surface area contributed by atoms with Crippen molar-refractivity contribution in [3.8, 4) is 5.75 Å². The van der Waals surface area contributed by atoms with E-state index in [1.54, 1.807) is 0 Å². The lowest BCUT2D eigenvalue weighted by molar-refractivity contribution is 0.241. The van der Waals surface area contributed by atoms with Crippen LogP contribution in [0.5, 0.6) is 5.75 Å². The Morgan fingerprint density at radius 2 is 1.94 bits per heavy atom. The first-order chi connectivity index (χ1) is 8.40. The van der Waals surface area contributed by atoms with Crippen molar-refractivity contribution in [2.45, 2.75) is 26.8 Å². The van der Waals surface area contributed by atoms with Crippen molar-refractivity contribution in [3.63, 3.8) is 0 Å². The van der Waals surface area contributed by atoms with Gasteiger partial charge in [0.15, 0.2) is 11.6 Å². The molecule has 0 amide bonds. The molecule has 18 heavy (non-hydrogen) atoms. The van der Waals surface area contributed by atoms with Crippen molar-refractivity contribution >= 4 is 15.9 Å². The smallest absolute Gasteiger partial charge is 0.169 e. The van der Waals surface area contributed by atoms with Crippen LogP contribution in [0.25, 0.3) is 0 Å². The molecule has 1 atom stereocenters. The quantitative estimate of drug-likeness (QED) is 0.861. The second-order valence-corrected chi connectivity index (χ2v) is 5.53. The zero-order valence-corrected chi connectivity index (χ0v) is 12.4. The molecule has 1 unspecified atom stereocenters. The van der Waals surface area contributed by atoms with Gasteiger partial charge in [0.2, 0.25) is 0 Å². The minimum absolute atomic E-state index is 0.0628. The van der Waals surface area contributed by atoms with Crippen LogP contribution in [0.2, 0.25) is 0 Å². The first-order valence-corrected chi connectivity index (χ1v) is 6.70. The monoisotopic (exact) mass is 321 g/mol. The zero-order valence-electron chi connectivity index (χ0n) is 10.8. The van der Waals surface area contributed by atoms with Gasteiger partial charge in [-0.15, -0.1) is 0 Å². The first-order valence-electron chi connectivity index (χ1n) is 5.91. The van der Waals surface area contributed by atoms with Crippen molar-refractivity contribution in [3.05, 3.63) is 28.2 Å². The van der Waals surface area contributed by atoms with Gasteiger partial charge in [-0.3, -0.25) is 0 Å². The van der Waals surface area contributed by atoms with Crippen LogP contribution in [0.15, 0.2) is 16.6 Å². The van der Waals surface area contributed by atoms with Crippen molar-refractivity contribution in [2.75, 3.05) is 13.2 Å². The summed E-state index contributed by atoms with van der Waals surface area (Å²) in [6, 6.07) is 2.41. The predicted molar refractivity (Wildman–Crippen MR) is 71.9 cm³/mol. The Labute approximate surface area is 115 Å². The number of halogens is 3. The Kier molecular flexibility index (Phi) is 6.02. The van der Waals surface area contributed by atoms with Gasteiger partial charge in [-0.25, -0.2) is 8.78 Å². The number of rotatable bonds is 6. The van der Waals surface area contributed by atoms with Crippen LogP contribution in [-0.2, 0) is 0 Å². The Bertz CT molecular complexity index is 376. The first kappa shape index (κ1) is 15.4. The highest BCUT2D eigenvalue weighted by atomic mass is 79.9. The lowest BCUT2D eigenvalue weighted by atomic mass is 10.2. The number of ether oxygens (including phenoxy) is 1. The summed E-state index contributed by atoms with van der Waals surface area (Å²) >= 11 is 3.09. The zero-order chi connectivity index (χ0) is 13.7. The van der Waals surface area contributed by atoms with Gasteiger partial charge in [0.05, 0.1) is 11.1 Å². The number of hydrogen-bond donors (Lipinski definition) is 1. The lowest BCUT2D eigenvalue weighted by Gasteiger charge is -2.16. The molecule has 1 N–H and O–H groups in total. The van der Waals surface area contributed by atoms with Crippen molar-refractivity contribution < 1.29 is 13.5 Å². The Morgan fingerprint density at radius 1 is 1.28 bits per heavy atom. The summed E-state index contributed by atoms with van der Waals surface area (Å²) < 4.78 is 32.0. The topological polar surface area (TPSA) is 21.3 Å². The fourth-order valence-corrected chi connectivity index (χ4v) is 1.91. The van der Waals surface area contributed by atoms with Gasteiger partial charge in [-0.05, 0) is 22.0 Å². The summed E-state index contributed by atoms with van der Waals surface area (Å²) in [5.74, 6) is -1.01. The average Bonchev–Trinajstić information content (AvgIpc) is 2.24. The maximum atomic E-state index is 13.5. The van der Waals surface area contributed by atoms with Gasteiger partial charge in [0.25, 0.3) is 0 Å². The predicted octanol–water partition coefficient (Wildman–Crippen LogP) is 3.74. The van der Waals surface area contributed by atoms with E-state index in [9.17, 15) is 8.78 Å². The Morgan fingerprint density at radius 3 is 2.50 bits per heavy atom. The molecular formula is C13H18BrF2NO. The van der Waals surface area contributed by atoms with Crippen molar-refractivity contribution in [1.82, 2.24) is 5.32 Å². The largest absolute Gasteiger partial charge is 0.489 e. The summed E-state index contributed by atoms with van der Waals surface area (Å²) in [6.45, 7) is 7.29. The van der Waals surface area contributed by atoms with E-state index < -0.39 is 11.6 Å². The minimum atomic E-state index is -0.689. The third-order valence-corrected chi connectivity index (χ3v) is 2.94. The fraction of sp³-hybridized carbons (Fsp3) is 0.538. The molecule has 0 aliphatic heterocycles. The van der Waals surface area contributed by atoms with Crippen LogP contribution in [0.3, 0.4) is 0 Å². The van der Waals surface area contributed by atoms with Gasteiger partial charge in [-0.1, -0.05) is 20.8 Å². The number of hydrogen-bond acceptors (Lipinski definition) is 2. The van der Waals surface area contributed by atoms with Gasteiger partial charge >= 0.3 is 0 Å². The van der Waals surface area contributed by atoms with Crippen LogP contribution in [0.1, 0.15) is 20.8 Å². The Hall–Kier alpha value is -0.680. The summed E-state index contributed by atoms with van der Waals surface area (Å²) in [6.07, 6.45) is 0. The molecule has 0 aliphatic carbocycles. The molecule has 0 saturated heterocycles. The molecule has 5 heteroatoms. The highest BCUT2D eigenvalue weighted by molar-refractivity contribution is 9.10. The van der Waals surface area contributed by atoms with E-state index in [1.165, 1.54) is 6.07 Å². The van der Waals surface area contributed by atoms with E-state index in [4.69, 9.17) is 4.74 Å². The summed E-state index contributed by atoms with van der Waals surface area (Å²) in [5, 5.41) is 3.27. The molecule has 1 rings (SSSR count). The van der Waals surface area contributed by atoms with E-state index >= 15 is 0 Å². The molecule has 0 bridgehead atoms.